The summed E-state index contributed by atoms with van der Waals surface area (Å²) in [6, 6.07) is 20.7. The summed E-state index contributed by atoms with van der Waals surface area (Å²) in [6.45, 7) is 3.76. The van der Waals surface area contributed by atoms with Gasteiger partial charge in [0.15, 0.2) is 0 Å². The second-order valence-electron chi connectivity index (χ2n) is 9.60. The summed E-state index contributed by atoms with van der Waals surface area (Å²) in [5.41, 5.74) is 0.150. The van der Waals surface area contributed by atoms with Crippen LogP contribution in [0.1, 0.15) is 38.2 Å². The second-order valence-corrected chi connectivity index (χ2v) is 9.60. The fourth-order valence-electron chi connectivity index (χ4n) is 4.35. The molecule has 1 heterocycles. The molecule has 1 amide bonds. The fraction of sp³-hybridized carbons (Fsp3) is 0.194. The van der Waals surface area contributed by atoms with Crippen molar-refractivity contribution in [1.82, 2.24) is 9.47 Å². The fourth-order valence-corrected chi connectivity index (χ4v) is 4.35. The molecular weight excluding hydrogens is 519 g/mol. The van der Waals surface area contributed by atoms with E-state index in [-0.39, 0.29) is 18.1 Å². The van der Waals surface area contributed by atoms with Crippen molar-refractivity contribution >= 4 is 5.91 Å². The van der Waals surface area contributed by atoms with Crippen molar-refractivity contribution in [3.63, 3.8) is 0 Å². The number of carbonyl (C=O) groups excluding carboxylic acids is 1. The number of hydrogen-bond acceptors (Lipinski definition) is 4. The number of aryl methyl sites for hydroxylation is 2. The minimum absolute atomic E-state index is 0.0152. The van der Waals surface area contributed by atoms with Gasteiger partial charge in [0.25, 0.3) is 11.5 Å². The minimum atomic E-state index is -4.89. The molecule has 0 radical (unpaired) electrons. The van der Waals surface area contributed by atoms with Gasteiger partial charge in [-0.3, -0.25) is 9.59 Å². The Labute approximate surface area is 229 Å². The zero-order valence-electron chi connectivity index (χ0n) is 22.3. The summed E-state index contributed by atoms with van der Waals surface area (Å²) in [5.74, 6) is 0.597. The number of carbonyl (C=O) groups is 1. The molecule has 204 valence electrons. The number of hydrogen-bond donors (Lipinski definition) is 0. The summed E-state index contributed by atoms with van der Waals surface area (Å²) < 4.78 is 48.7. The molecule has 3 aromatic carbocycles. The van der Waals surface area contributed by atoms with Gasteiger partial charge in [0.2, 0.25) is 0 Å². The first-order valence-corrected chi connectivity index (χ1v) is 12.3. The van der Waals surface area contributed by atoms with E-state index in [1.165, 1.54) is 15.5 Å². The zero-order valence-corrected chi connectivity index (χ0v) is 22.3. The largest absolute Gasteiger partial charge is 0.457 e. The molecule has 1 aromatic heterocycles. The molecule has 0 aliphatic carbocycles. The quantitative estimate of drug-likeness (QED) is 0.275. The molecule has 0 aliphatic heterocycles. The third-order valence-electron chi connectivity index (χ3n) is 6.42. The van der Waals surface area contributed by atoms with E-state index in [9.17, 15) is 28.0 Å². The van der Waals surface area contributed by atoms with Gasteiger partial charge in [-0.05, 0) is 79.1 Å². The molecule has 0 unspecified atom stereocenters. The maximum absolute atomic E-state index is 13.9. The normalized spacial score (nSPS) is 11.2. The van der Waals surface area contributed by atoms with Crippen LogP contribution in [0.4, 0.5) is 13.2 Å². The van der Waals surface area contributed by atoms with Crippen molar-refractivity contribution in [2.45, 2.75) is 26.6 Å². The molecule has 0 saturated carbocycles. The molecule has 0 saturated heterocycles. The Bertz CT molecular complexity index is 1680. The number of pyridine rings is 1. The van der Waals surface area contributed by atoms with Gasteiger partial charge in [0.05, 0.1) is 17.8 Å². The molecule has 9 heteroatoms. The van der Waals surface area contributed by atoms with E-state index >= 15 is 0 Å². The average molecular weight is 546 g/mol. The third kappa shape index (κ3) is 5.91. The SMILES string of the molecule is Cc1ccc(Cn2c(-c3ccc(Oc4cccc(C(=O)N(C)C)c4)cc3)cc(C(F)(F)F)c(C#N)c2=O)c(C)c1. The number of nitriles is 1. The molecule has 0 N–H and O–H groups in total. The third-order valence-corrected chi connectivity index (χ3v) is 6.42. The molecule has 4 rings (SSSR count). The Kier molecular flexibility index (Phi) is 7.82. The molecule has 6 nitrogen and oxygen atoms in total. The van der Waals surface area contributed by atoms with Crippen molar-refractivity contribution in [3.8, 4) is 28.8 Å². The number of halogens is 3. The Balaban J connectivity index is 1.77. The molecule has 4 aromatic rings. The predicted molar refractivity (Wildman–Crippen MR) is 145 cm³/mol. The van der Waals surface area contributed by atoms with Crippen molar-refractivity contribution in [3.05, 3.63) is 117 Å². The van der Waals surface area contributed by atoms with Gasteiger partial charge in [-0.25, -0.2) is 0 Å². The lowest BCUT2D eigenvalue weighted by Gasteiger charge is -2.19. The smallest absolute Gasteiger partial charge is 0.417 e. The maximum Gasteiger partial charge on any atom is 0.417 e. The monoisotopic (exact) mass is 545 g/mol. The van der Waals surface area contributed by atoms with Crippen molar-refractivity contribution in [2.75, 3.05) is 14.1 Å². The van der Waals surface area contributed by atoms with E-state index < -0.39 is 22.9 Å². The van der Waals surface area contributed by atoms with Crippen molar-refractivity contribution < 1.29 is 22.7 Å². The summed E-state index contributed by atoms with van der Waals surface area (Å²) in [6.07, 6.45) is -4.89. The number of amides is 1. The van der Waals surface area contributed by atoms with E-state index in [4.69, 9.17) is 4.74 Å². The second kappa shape index (κ2) is 11.1. The standard InChI is InChI=1S/C31H26F3N3O3/c1-19-8-9-23(20(2)14-19)18-37-28(16-27(31(32,33)34)26(17-35)30(37)39)21-10-12-24(13-11-21)40-25-7-5-6-22(15-25)29(38)36(3)4/h5-16H,18H2,1-4H3. The highest BCUT2D eigenvalue weighted by Gasteiger charge is 2.36. The lowest BCUT2D eigenvalue weighted by molar-refractivity contribution is -0.137. The van der Waals surface area contributed by atoms with Crippen LogP contribution < -0.4 is 10.3 Å². The van der Waals surface area contributed by atoms with E-state index in [1.54, 1.807) is 62.6 Å². The highest BCUT2D eigenvalue weighted by Crippen LogP contribution is 2.34. The Hall–Kier alpha value is -4.84. The molecule has 0 fully saturated rings. The van der Waals surface area contributed by atoms with Crippen LogP contribution in [0, 0.1) is 25.2 Å². The number of alkyl halides is 3. The van der Waals surface area contributed by atoms with E-state index in [1.807, 2.05) is 32.0 Å². The number of ether oxygens (including phenoxy) is 1. The Morgan fingerprint density at radius 3 is 2.27 bits per heavy atom. The molecule has 0 aliphatic rings. The van der Waals surface area contributed by atoms with Crippen LogP contribution in [-0.2, 0) is 12.7 Å². The van der Waals surface area contributed by atoms with Crippen LogP contribution in [0.3, 0.4) is 0 Å². The Morgan fingerprint density at radius 1 is 0.975 bits per heavy atom. The summed E-state index contributed by atoms with van der Waals surface area (Å²) >= 11 is 0. The first-order chi connectivity index (χ1) is 18.9. The van der Waals surface area contributed by atoms with Gasteiger partial charge in [-0.15, -0.1) is 0 Å². The highest BCUT2D eigenvalue weighted by atomic mass is 19.4. The Morgan fingerprint density at radius 2 is 1.68 bits per heavy atom. The maximum atomic E-state index is 13.9. The molecular formula is C31H26F3N3O3. The van der Waals surface area contributed by atoms with Crippen LogP contribution in [-0.4, -0.2) is 29.5 Å². The van der Waals surface area contributed by atoms with Crippen LogP contribution >= 0.6 is 0 Å². The molecule has 0 atom stereocenters. The van der Waals surface area contributed by atoms with Crippen molar-refractivity contribution in [1.29, 1.82) is 5.26 Å². The van der Waals surface area contributed by atoms with Crippen LogP contribution in [0.25, 0.3) is 11.3 Å². The predicted octanol–water partition coefficient (Wildman–Crippen LogP) is 6.57. The minimum Gasteiger partial charge on any atom is -0.457 e. The van der Waals surface area contributed by atoms with Crippen LogP contribution in [0.2, 0.25) is 0 Å². The van der Waals surface area contributed by atoms with Gasteiger partial charge < -0.3 is 14.2 Å². The lowest BCUT2D eigenvalue weighted by Crippen LogP contribution is -2.29. The zero-order chi connectivity index (χ0) is 29.2. The number of benzene rings is 3. The number of nitrogens with zero attached hydrogens (tertiary/aromatic N) is 3. The molecule has 0 bridgehead atoms. The van der Waals surface area contributed by atoms with Crippen molar-refractivity contribution in [2.24, 2.45) is 0 Å². The van der Waals surface area contributed by atoms with E-state index in [2.05, 4.69) is 0 Å². The van der Waals surface area contributed by atoms with Gasteiger partial charge in [0.1, 0.15) is 23.1 Å². The highest BCUT2D eigenvalue weighted by molar-refractivity contribution is 5.94. The van der Waals surface area contributed by atoms with Gasteiger partial charge in [-0.2, -0.15) is 18.4 Å². The summed E-state index contributed by atoms with van der Waals surface area (Å²) in [5, 5.41) is 9.46. The number of rotatable bonds is 6. The lowest BCUT2D eigenvalue weighted by atomic mass is 10.0. The topological polar surface area (TPSA) is 75.3 Å². The average Bonchev–Trinajstić information content (AvgIpc) is 2.90. The van der Waals surface area contributed by atoms with Crippen LogP contribution in [0.5, 0.6) is 11.5 Å². The van der Waals surface area contributed by atoms with Gasteiger partial charge in [-0.1, -0.05) is 29.8 Å². The first-order valence-electron chi connectivity index (χ1n) is 12.3. The molecule has 40 heavy (non-hydrogen) atoms. The van der Waals surface area contributed by atoms with E-state index in [0.717, 1.165) is 22.8 Å². The van der Waals surface area contributed by atoms with Gasteiger partial charge >= 0.3 is 6.18 Å². The summed E-state index contributed by atoms with van der Waals surface area (Å²) in [4.78, 5) is 27.0. The first kappa shape index (κ1) is 28.2. The van der Waals surface area contributed by atoms with E-state index in [0.29, 0.717) is 22.6 Å². The van der Waals surface area contributed by atoms with Crippen LogP contribution in [0.15, 0.2) is 77.6 Å². The summed E-state index contributed by atoms with van der Waals surface area (Å²) in [7, 11) is 3.28. The van der Waals surface area contributed by atoms with Gasteiger partial charge in [0, 0.05) is 19.7 Å². The molecule has 0 spiro atoms. The number of aromatic nitrogens is 1.